The Labute approximate surface area is 99.5 Å². The van der Waals surface area contributed by atoms with Crippen LogP contribution in [-0.4, -0.2) is 35.5 Å². The molecule has 0 aliphatic heterocycles. The molecule has 2 atom stereocenters. The number of carbonyl (C=O) groups is 3. The molecule has 0 bridgehead atoms. The van der Waals surface area contributed by atoms with Gasteiger partial charge in [0.2, 0.25) is 11.8 Å². The fourth-order valence-electron chi connectivity index (χ4n) is 1.16. The van der Waals surface area contributed by atoms with Gasteiger partial charge in [0.05, 0.1) is 6.42 Å². The number of nitrogens with two attached hydrogens (primary N) is 2. The van der Waals surface area contributed by atoms with Gasteiger partial charge in [-0.05, 0) is 18.9 Å². The van der Waals surface area contributed by atoms with E-state index in [1.54, 1.807) is 0 Å². The minimum atomic E-state index is -1.27. The number of carboxylic acids is 1. The van der Waals surface area contributed by atoms with Gasteiger partial charge in [-0.2, -0.15) is 0 Å². The Morgan fingerprint density at radius 1 is 1.35 bits per heavy atom. The Morgan fingerprint density at radius 2 is 1.94 bits per heavy atom. The largest absolute Gasteiger partial charge is 0.480 e. The van der Waals surface area contributed by atoms with Gasteiger partial charge >= 0.3 is 5.97 Å². The molecule has 0 radical (unpaired) electrons. The molecule has 0 heterocycles. The van der Waals surface area contributed by atoms with Crippen LogP contribution in [0.3, 0.4) is 0 Å². The molecule has 7 nitrogen and oxygen atoms in total. The Kier molecular flexibility index (Phi) is 6.88. The highest BCUT2D eigenvalue weighted by Crippen LogP contribution is 2.03. The molecule has 98 valence electrons. The van der Waals surface area contributed by atoms with E-state index in [-0.39, 0.29) is 12.3 Å². The standard InChI is InChI=1S/C10H19N3O4/c1-6(5-11)2-3-9(15)13-7(10(16)17)4-8(12)14/h6-7H,2-5,11H2,1H3,(H2,12,14)(H,13,15)(H,16,17)/t6?,7-/m0/s1. The first-order valence-corrected chi connectivity index (χ1v) is 5.37. The van der Waals surface area contributed by atoms with Crippen LogP contribution in [0, 0.1) is 5.92 Å². The molecule has 0 rings (SSSR count). The number of primary amides is 1. The van der Waals surface area contributed by atoms with Gasteiger partial charge in [-0.15, -0.1) is 0 Å². The monoisotopic (exact) mass is 245 g/mol. The first kappa shape index (κ1) is 15.4. The van der Waals surface area contributed by atoms with Crippen LogP contribution in [0.1, 0.15) is 26.2 Å². The van der Waals surface area contributed by atoms with E-state index in [0.717, 1.165) is 0 Å². The summed E-state index contributed by atoms with van der Waals surface area (Å²) in [5.74, 6) is -2.27. The van der Waals surface area contributed by atoms with Gasteiger partial charge in [0, 0.05) is 6.42 Å². The maximum Gasteiger partial charge on any atom is 0.326 e. The lowest BCUT2D eigenvalue weighted by Crippen LogP contribution is -2.43. The highest BCUT2D eigenvalue weighted by molar-refractivity contribution is 5.88. The van der Waals surface area contributed by atoms with Crippen molar-refractivity contribution >= 4 is 17.8 Å². The van der Waals surface area contributed by atoms with Crippen molar-refractivity contribution in [1.29, 1.82) is 0 Å². The number of rotatable bonds is 8. The topological polar surface area (TPSA) is 136 Å². The van der Waals surface area contributed by atoms with Crippen LogP contribution >= 0.6 is 0 Å². The quantitative estimate of drug-likeness (QED) is 0.426. The van der Waals surface area contributed by atoms with Crippen molar-refractivity contribution in [2.24, 2.45) is 17.4 Å². The minimum Gasteiger partial charge on any atom is -0.480 e. The van der Waals surface area contributed by atoms with Gasteiger partial charge in [0.15, 0.2) is 0 Å². The molecular weight excluding hydrogens is 226 g/mol. The van der Waals surface area contributed by atoms with Gasteiger partial charge in [0.25, 0.3) is 0 Å². The maximum atomic E-state index is 11.4. The van der Waals surface area contributed by atoms with Crippen molar-refractivity contribution in [3.8, 4) is 0 Å². The van der Waals surface area contributed by atoms with Crippen molar-refractivity contribution in [1.82, 2.24) is 5.32 Å². The number of aliphatic carboxylic acids is 1. The zero-order chi connectivity index (χ0) is 13.4. The lowest BCUT2D eigenvalue weighted by Gasteiger charge is -2.13. The molecular formula is C10H19N3O4. The fraction of sp³-hybridized carbons (Fsp3) is 0.700. The highest BCUT2D eigenvalue weighted by atomic mass is 16.4. The van der Waals surface area contributed by atoms with Gasteiger partial charge in [0.1, 0.15) is 6.04 Å². The molecule has 0 aromatic rings. The molecule has 17 heavy (non-hydrogen) atoms. The van der Waals surface area contributed by atoms with Crippen molar-refractivity contribution in [3.63, 3.8) is 0 Å². The average molecular weight is 245 g/mol. The van der Waals surface area contributed by atoms with E-state index in [4.69, 9.17) is 16.6 Å². The van der Waals surface area contributed by atoms with Crippen LogP contribution in [-0.2, 0) is 14.4 Å². The third-order valence-corrected chi connectivity index (χ3v) is 2.31. The molecule has 0 aromatic heterocycles. The van der Waals surface area contributed by atoms with Crippen LogP contribution in [0.5, 0.6) is 0 Å². The Hall–Kier alpha value is -1.63. The van der Waals surface area contributed by atoms with Gasteiger partial charge in [-0.1, -0.05) is 6.92 Å². The second-order valence-electron chi connectivity index (χ2n) is 4.01. The predicted octanol–water partition coefficient (Wildman–Crippen LogP) is -1.19. The van der Waals surface area contributed by atoms with E-state index in [9.17, 15) is 14.4 Å². The molecule has 0 aromatic carbocycles. The zero-order valence-electron chi connectivity index (χ0n) is 9.81. The predicted molar refractivity (Wildman–Crippen MR) is 60.8 cm³/mol. The molecule has 2 amide bonds. The molecule has 0 aliphatic carbocycles. The van der Waals surface area contributed by atoms with Crippen molar-refractivity contribution < 1.29 is 19.5 Å². The minimum absolute atomic E-state index is 0.181. The van der Waals surface area contributed by atoms with Crippen molar-refractivity contribution in [3.05, 3.63) is 0 Å². The van der Waals surface area contributed by atoms with Gasteiger partial charge in [-0.25, -0.2) is 4.79 Å². The summed E-state index contributed by atoms with van der Waals surface area (Å²) in [7, 11) is 0. The summed E-state index contributed by atoms with van der Waals surface area (Å²) in [6.45, 7) is 2.36. The summed E-state index contributed by atoms with van der Waals surface area (Å²) in [6, 6.07) is -1.26. The van der Waals surface area contributed by atoms with E-state index < -0.39 is 30.2 Å². The molecule has 0 saturated heterocycles. The van der Waals surface area contributed by atoms with E-state index in [1.165, 1.54) is 0 Å². The molecule has 0 saturated carbocycles. The van der Waals surface area contributed by atoms with Crippen LogP contribution in [0.2, 0.25) is 0 Å². The SMILES string of the molecule is CC(CN)CCC(=O)N[C@@H](CC(N)=O)C(=O)O. The van der Waals surface area contributed by atoms with Crippen molar-refractivity contribution in [2.75, 3.05) is 6.54 Å². The normalized spacial score (nSPS) is 13.8. The van der Waals surface area contributed by atoms with Crippen LogP contribution < -0.4 is 16.8 Å². The number of carbonyl (C=O) groups excluding carboxylic acids is 2. The van der Waals surface area contributed by atoms with E-state index in [1.807, 2.05) is 6.92 Å². The number of nitrogens with one attached hydrogen (secondary N) is 1. The summed E-state index contributed by atoms with van der Waals surface area (Å²) in [5.41, 5.74) is 10.3. The summed E-state index contributed by atoms with van der Waals surface area (Å²) in [4.78, 5) is 32.7. The second kappa shape index (κ2) is 7.61. The molecule has 6 N–H and O–H groups in total. The lowest BCUT2D eigenvalue weighted by atomic mass is 10.1. The second-order valence-corrected chi connectivity index (χ2v) is 4.01. The third-order valence-electron chi connectivity index (χ3n) is 2.31. The molecule has 0 fully saturated rings. The number of carboxylic acid groups (broad SMARTS) is 1. The van der Waals surface area contributed by atoms with Crippen LogP contribution in [0.15, 0.2) is 0 Å². The van der Waals surface area contributed by atoms with Gasteiger partial charge < -0.3 is 21.9 Å². The molecule has 0 spiro atoms. The number of hydrogen-bond acceptors (Lipinski definition) is 4. The molecule has 7 heteroatoms. The summed E-state index contributed by atoms with van der Waals surface area (Å²) in [5, 5.41) is 11.0. The average Bonchev–Trinajstić information content (AvgIpc) is 2.24. The molecule has 1 unspecified atom stereocenters. The first-order chi connectivity index (χ1) is 7.86. The van der Waals surface area contributed by atoms with Crippen LogP contribution in [0.25, 0.3) is 0 Å². The zero-order valence-corrected chi connectivity index (χ0v) is 9.81. The first-order valence-electron chi connectivity index (χ1n) is 5.37. The third kappa shape index (κ3) is 7.29. The van der Waals surface area contributed by atoms with E-state index in [0.29, 0.717) is 13.0 Å². The molecule has 0 aliphatic rings. The van der Waals surface area contributed by atoms with E-state index >= 15 is 0 Å². The summed E-state index contributed by atoms with van der Waals surface area (Å²) in [6.07, 6.45) is 0.347. The van der Waals surface area contributed by atoms with Crippen LogP contribution in [0.4, 0.5) is 0 Å². The fourth-order valence-corrected chi connectivity index (χ4v) is 1.16. The Balaban J connectivity index is 4.13. The van der Waals surface area contributed by atoms with Gasteiger partial charge in [-0.3, -0.25) is 9.59 Å². The van der Waals surface area contributed by atoms with Crippen molar-refractivity contribution in [2.45, 2.75) is 32.2 Å². The highest BCUT2D eigenvalue weighted by Gasteiger charge is 2.21. The number of hydrogen-bond donors (Lipinski definition) is 4. The Morgan fingerprint density at radius 3 is 2.35 bits per heavy atom. The Bertz CT molecular complexity index is 293. The van der Waals surface area contributed by atoms with E-state index in [2.05, 4.69) is 5.32 Å². The summed E-state index contributed by atoms with van der Waals surface area (Å²) >= 11 is 0. The number of amides is 2. The smallest absolute Gasteiger partial charge is 0.326 e. The maximum absolute atomic E-state index is 11.4. The summed E-state index contributed by atoms with van der Waals surface area (Å²) < 4.78 is 0. The lowest BCUT2D eigenvalue weighted by molar-refractivity contribution is -0.143.